The molecule has 0 aliphatic rings. The van der Waals surface area contributed by atoms with Crippen molar-refractivity contribution in [3.05, 3.63) is 84.6 Å². The second-order valence-corrected chi connectivity index (χ2v) is 6.24. The third-order valence-electron chi connectivity index (χ3n) is 4.21. The zero-order chi connectivity index (χ0) is 20.1. The summed E-state index contributed by atoms with van der Waals surface area (Å²) in [4.78, 5) is 24.1. The number of benzene rings is 3. The van der Waals surface area contributed by atoms with Crippen molar-refractivity contribution < 1.29 is 18.8 Å². The summed E-state index contributed by atoms with van der Waals surface area (Å²) in [5.74, 6) is -0.0656. The van der Waals surface area contributed by atoms with E-state index in [4.69, 9.17) is 9.26 Å². The van der Waals surface area contributed by atoms with Crippen LogP contribution in [0.4, 0.5) is 0 Å². The van der Waals surface area contributed by atoms with Crippen molar-refractivity contribution in [3.8, 4) is 17.1 Å². The average molecular weight is 387 g/mol. The van der Waals surface area contributed by atoms with Gasteiger partial charge in [0.1, 0.15) is 5.75 Å². The van der Waals surface area contributed by atoms with E-state index in [0.29, 0.717) is 11.5 Å². The Labute approximate surface area is 166 Å². The second-order valence-electron chi connectivity index (χ2n) is 6.24. The monoisotopic (exact) mass is 387 g/mol. The van der Waals surface area contributed by atoms with Gasteiger partial charge in [-0.1, -0.05) is 65.8 Å². The molecule has 144 valence electrons. The molecule has 0 radical (unpaired) electrons. The van der Waals surface area contributed by atoms with Gasteiger partial charge in [0.15, 0.2) is 18.1 Å². The Morgan fingerprint density at radius 2 is 1.62 bits per heavy atom. The van der Waals surface area contributed by atoms with E-state index in [-0.39, 0.29) is 12.3 Å². The lowest BCUT2D eigenvalue weighted by Crippen LogP contribution is -2.43. The topological polar surface area (TPSA) is 93.5 Å². The van der Waals surface area contributed by atoms with Gasteiger partial charge in [0.25, 0.3) is 11.8 Å². The normalized spacial score (nSPS) is 10.5. The Bertz CT molecular complexity index is 1150. The molecule has 1 aromatic heterocycles. The summed E-state index contributed by atoms with van der Waals surface area (Å²) in [5.41, 5.74) is 5.43. The standard InChI is InChI=1S/C22H17N3O4/c26-21(14-28-18-11-10-15-6-4-5-9-17(15)12-18)23-24-22(27)19-13-20(29-25-19)16-7-2-1-3-8-16/h1-13H,14H2,(H,23,26)(H,24,27). The van der Waals surface area contributed by atoms with Crippen LogP contribution in [0.15, 0.2) is 83.4 Å². The van der Waals surface area contributed by atoms with Crippen molar-refractivity contribution in [2.24, 2.45) is 0 Å². The van der Waals surface area contributed by atoms with Crippen molar-refractivity contribution in [2.75, 3.05) is 6.61 Å². The number of carbonyl (C=O) groups is 2. The Balaban J connectivity index is 1.29. The van der Waals surface area contributed by atoms with E-state index in [9.17, 15) is 9.59 Å². The van der Waals surface area contributed by atoms with Crippen LogP contribution >= 0.6 is 0 Å². The molecule has 0 saturated heterocycles. The first-order valence-electron chi connectivity index (χ1n) is 8.92. The zero-order valence-corrected chi connectivity index (χ0v) is 15.3. The molecule has 0 saturated carbocycles. The van der Waals surface area contributed by atoms with Crippen molar-refractivity contribution in [2.45, 2.75) is 0 Å². The van der Waals surface area contributed by atoms with Crippen LogP contribution in [0.25, 0.3) is 22.1 Å². The fraction of sp³-hybridized carbons (Fsp3) is 0.0455. The first kappa shape index (κ1) is 18.2. The number of nitrogens with zero attached hydrogens (tertiary/aromatic N) is 1. The molecule has 2 N–H and O–H groups in total. The van der Waals surface area contributed by atoms with Crippen molar-refractivity contribution >= 4 is 22.6 Å². The predicted octanol–water partition coefficient (Wildman–Crippen LogP) is 3.33. The molecule has 0 unspecified atom stereocenters. The minimum atomic E-state index is -0.588. The van der Waals surface area contributed by atoms with E-state index in [1.807, 2.05) is 66.7 Å². The molecule has 4 rings (SSSR count). The minimum Gasteiger partial charge on any atom is -0.484 e. The summed E-state index contributed by atoms with van der Waals surface area (Å²) in [7, 11) is 0. The van der Waals surface area contributed by atoms with Crippen LogP contribution in [-0.2, 0) is 4.79 Å². The average Bonchev–Trinajstić information content (AvgIpc) is 3.27. The zero-order valence-electron chi connectivity index (χ0n) is 15.3. The van der Waals surface area contributed by atoms with Gasteiger partial charge < -0.3 is 9.26 Å². The first-order chi connectivity index (χ1) is 14.2. The number of hydrazine groups is 1. The highest BCUT2D eigenvalue weighted by Gasteiger charge is 2.14. The minimum absolute atomic E-state index is 0.0552. The lowest BCUT2D eigenvalue weighted by molar-refractivity contribution is -0.123. The predicted molar refractivity (Wildman–Crippen MR) is 107 cm³/mol. The summed E-state index contributed by atoms with van der Waals surface area (Å²) in [6, 6.07) is 24.2. The molecule has 3 aromatic carbocycles. The molecule has 0 aliphatic carbocycles. The van der Waals surface area contributed by atoms with Crippen molar-refractivity contribution in [1.29, 1.82) is 0 Å². The van der Waals surface area contributed by atoms with Crippen LogP contribution in [-0.4, -0.2) is 23.6 Å². The molecule has 2 amide bonds. The largest absolute Gasteiger partial charge is 0.484 e. The second kappa shape index (κ2) is 8.26. The molecule has 0 aliphatic heterocycles. The van der Waals surface area contributed by atoms with Crippen LogP contribution in [0.1, 0.15) is 10.5 Å². The number of carbonyl (C=O) groups excluding carboxylic acids is 2. The number of amides is 2. The van der Waals surface area contributed by atoms with Crippen LogP contribution < -0.4 is 15.6 Å². The summed E-state index contributed by atoms with van der Waals surface area (Å²) < 4.78 is 10.6. The number of fused-ring (bicyclic) bond motifs is 1. The molecule has 0 fully saturated rings. The summed E-state index contributed by atoms with van der Waals surface area (Å²) in [6.07, 6.45) is 0. The fourth-order valence-electron chi connectivity index (χ4n) is 2.75. The summed E-state index contributed by atoms with van der Waals surface area (Å²) >= 11 is 0. The smallest absolute Gasteiger partial charge is 0.291 e. The molecule has 0 spiro atoms. The van der Waals surface area contributed by atoms with E-state index in [2.05, 4.69) is 16.0 Å². The van der Waals surface area contributed by atoms with Crippen molar-refractivity contribution in [3.63, 3.8) is 0 Å². The molecule has 0 bridgehead atoms. The van der Waals surface area contributed by atoms with E-state index in [1.165, 1.54) is 6.07 Å². The maximum atomic E-state index is 12.1. The lowest BCUT2D eigenvalue weighted by Gasteiger charge is -2.08. The maximum absolute atomic E-state index is 12.1. The Morgan fingerprint density at radius 3 is 2.45 bits per heavy atom. The van der Waals surface area contributed by atoms with Crippen LogP contribution in [0.2, 0.25) is 0 Å². The maximum Gasteiger partial charge on any atom is 0.291 e. The molecule has 7 nitrogen and oxygen atoms in total. The quantitative estimate of drug-likeness (QED) is 0.512. The third kappa shape index (κ3) is 4.41. The number of hydrogen-bond acceptors (Lipinski definition) is 5. The lowest BCUT2D eigenvalue weighted by atomic mass is 10.1. The van der Waals surface area contributed by atoms with Gasteiger partial charge in [-0.3, -0.25) is 20.4 Å². The third-order valence-corrected chi connectivity index (χ3v) is 4.21. The first-order valence-corrected chi connectivity index (χ1v) is 8.92. The van der Waals surface area contributed by atoms with Gasteiger partial charge in [0.2, 0.25) is 0 Å². The Hall–Kier alpha value is -4.13. The van der Waals surface area contributed by atoms with Crippen LogP contribution in [0.5, 0.6) is 5.75 Å². The SMILES string of the molecule is O=C(COc1ccc2ccccc2c1)NNC(=O)c1cc(-c2ccccc2)on1. The van der Waals surface area contributed by atoms with Gasteiger partial charge in [-0.2, -0.15) is 0 Å². The van der Waals surface area contributed by atoms with E-state index < -0.39 is 11.8 Å². The number of rotatable bonds is 5. The molecular formula is C22H17N3O4. The number of ether oxygens (including phenoxy) is 1. The molecule has 1 heterocycles. The van der Waals surface area contributed by atoms with E-state index >= 15 is 0 Å². The Kier molecular flexibility index (Phi) is 5.20. The van der Waals surface area contributed by atoms with Crippen molar-refractivity contribution in [1.82, 2.24) is 16.0 Å². The fourth-order valence-corrected chi connectivity index (χ4v) is 2.75. The van der Waals surface area contributed by atoms with Gasteiger partial charge in [-0.25, -0.2) is 0 Å². The number of hydrogen-bond donors (Lipinski definition) is 2. The highest BCUT2D eigenvalue weighted by molar-refractivity contribution is 5.94. The summed E-state index contributed by atoms with van der Waals surface area (Å²) in [6.45, 7) is -0.243. The molecule has 7 heteroatoms. The van der Waals surface area contributed by atoms with Gasteiger partial charge in [-0.05, 0) is 22.9 Å². The highest BCUT2D eigenvalue weighted by atomic mass is 16.5. The molecule has 29 heavy (non-hydrogen) atoms. The van der Waals surface area contributed by atoms with Gasteiger partial charge in [0, 0.05) is 11.6 Å². The molecule has 4 aromatic rings. The molecule has 0 atom stereocenters. The van der Waals surface area contributed by atoms with Gasteiger partial charge >= 0.3 is 0 Å². The van der Waals surface area contributed by atoms with E-state index in [0.717, 1.165) is 16.3 Å². The number of aromatic nitrogens is 1. The van der Waals surface area contributed by atoms with E-state index in [1.54, 1.807) is 6.07 Å². The number of nitrogens with one attached hydrogen (secondary N) is 2. The summed E-state index contributed by atoms with van der Waals surface area (Å²) in [5, 5.41) is 5.82. The highest BCUT2D eigenvalue weighted by Crippen LogP contribution is 2.21. The van der Waals surface area contributed by atoms with Crippen LogP contribution in [0, 0.1) is 0 Å². The van der Waals surface area contributed by atoms with Gasteiger partial charge in [-0.15, -0.1) is 0 Å². The Morgan fingerprint density at radius 1 is 0.862 bits per heavy atom. The molecular weight excluding hydrogens is 370 g/mol. The van der Waals surface area contributed by atoms with Gasteiger partial charge in [0.05, 0.1) is 0 Å². The van der Waals surface area contributed by atoms with Crippen LogP contribution in [0.3, 0.4) is 0 Å².